The minimum atomic E-state index is 1.69. The summed E-state index contributed by atoms with van der Waals surface area (Å²) in [6, 6.07) is 4.04. The van der Waals surface area contributed by atoms with Crippen molar-refractivity contribution in [3.05, 3.63) is 47.3 Å². The first-order valence-electron chi connectivity index (χ1n) is 3.58. The second-order valence-corrected chi connectivity index (χ2v) is 2.76. The second-order valence-electron chi connectivity index (χ2n) is 1.94. The molecule has 2 rings (SSSR count). The molecule has 0 atom stereocenters. The van der Waals surface area contributed by atoms with Crippen LogP contribution in [-0.4, -0.2) is 6.21 Å². The maximum atomic E-state index is 3.72. The average molecular weight is 178 g/mol. The van der Waals surface area contributed by atoms with Crippen molar-refractivity contribution in [1.29, 1.82) is 0 Å². The van der Waals surface area contributed by atoms with Gasteiger partial charge in [-0.25, -0.2) is 0 Å². The van der Waals surface area contributed by atoms with Crippen molar-refractivity contribution in [1.82, 2.24) is 5.43 Å². The Balaban J connectivity index is 0.000000127. The zero-order valence-corrected chi connectivity index (χ0v) is 7.37. The molecule has 2 heterocycles. The van der Waals surface area contributed by atoms with Gasteiger partial charge in [-0.05, 0) is 22.9 Å². The van der Waals surface area contributed by atoms with Crippen LogP contribution in [0.1, 0.15) is 0 Å². The Bertz CT molecular complexity index is 229. The lowest BCUT2D eigenvalue weighted by atomic mass is 10.5. The molecule has 2 nitrogen and oxygen atoms in total. The highest BCUT2D eigenvalue weighted by molar-refractivity contribution is 7.07. The van der Waals surface area contributed by atoms with Gasteiger partial charge in [0, 0.05) is 12.4 Å². The van der Waals surface area contributed by atoms with Crippen molar-refractivity contribution in [3.8, 4) is 0 Å². The number of thiophene rings is 1. The Morgan fingerprint density at radius 2 is 1.83 bits per heavy atom. The lowest BCUT2D eigenvalue weighted by Gasteiger charge is -1.78. The van der Waals surface area contributed by atoms with E-state index in [1.54, 1.807) is 23.8 Å². The lowest BCUT2D eigenvalue weighted by Crippen LogP contribution is -1.89. The van der Waals surface area contributed by atoms with Gasteiger partial charge in [0.05, 0.1) is 0 Å². The minimum absolute atomic E-state index is 1.69. The van der Waals surface area contributed by atoms with E-state index in [2.05, 4.69) is 10.5 Å². The third kappa shape index (κ3) is 4.46. The lowest BCUT2D eigenvalue weighted by molar-refractivity contribution is 0.980. The summed E-state index contributed by atoms with van der Waals surface area (Å²) >= 11 is 1.71. The van der Waals surface area contributed by atoms with E-state index < -0.39 is 0 Å². The number of rotatable bonds is 0. The van der Waals surface area contributed by atoms with Crippen LogP contribution in [0.25, 0.3) is 0 Å². The molecule has 0 amide bonds. The van der Waals surface area contributed by atoms with Crippen LogP contribution in [0.2, 0.25) is 0 Å². The molecule has 0 unspecified atom stereocenters. The molecule has 1 aliphatic rings. The first-order valence-corrected chi connectivity index (χ1v) is 4.52. The van der Waals surface area contributed by atoms with Gasteiger partial charge in [-0.1, -0.05) is 18.2 Å². The Kier molecular flexibility index (Phi) is 4.64. The number of allylic oxidation sites excluding steroid dienone is 3. The van der Waals surface area contributed by atoms with Crippen molar-refractivity contribution in [2.24, 2.45) is 5.10 Å². The molecule has 0 spiro atoms. The van der Waals surface area contributed by atoms with Crippen molar-refractivity contribution < 1.29 is 0 Å². The minimum Gasteiger partial charge on any atom is -0.286 e. The Morgan fingerprint density at radius 1 is 1.00 bits per heavy atom. The van der Waals surface area contributed by atoms with E-state index >= 15 is 0 Å². The zero-order chi connectivity index (χ0) is 8.49. The molecule has 0 radical (unpaired) electrons. The normalized spacial score (nSPS) is 12.7. The molecular formula is C9H10N2S. The van der Waals surface area contributed by atoms with Gasteiger partial charge >= 0.3 is 0 Å². The average Bonchev–Trinajstić information content (AvgIpc) is 2.54. The van der Waals surface area contributed by atoms with Crippen molar-refractivity contribution in [2.75, 3.05) is 0 Å². The third-order valence-corrected chi connectivity index (χ3v) is 1.68. The monoisotopic (exact) mass is 178 g/mol. The van der Waals surface area contributed by atoms with E-state index in [1.165, 1.54) is 0 Å². The molecular weight excluding hydrogens is 168 g/mol. The predicted molar refractivity (Wildman–Crippen MR) is 54.2 cm³/mol. The Hall–Kier alpha value is -1.35. The fourth-order valence-corrected chi connectivity index (χ4v) is 1.02. The first-order chi connectivity index (χ1) is 6.00. The van der Waals surface area contributed by atoms with Gasteiger partial charge in [0.2, 0.25) is 0 Å². The highest BCUT2D eigenvalue weighted by Gasteiger charge is 1.68. The Labute approximate surface area is 75.9 Å². The van der Waals surface area contributed by atoms with Crippen LogP contribution in [0.15, 0.2) is 52.4 Å². The molecule has 1 aromatic heterocycles. The highest BCUT2D eigenvalue weighted by Crippen LogP contribution is 1.91. The van der Waals surface area contributed by atoms with Gasteiger partial charge in [0.25, 0.3) is 0 Å². The standard InChI is InChI=1S/C5H6N2.C4H4S/c1-2-4-6-7-5-3-1;1-2-4-5-3-1/h1-6H;1-4H. The summed E-state index contributed by atoms with van der Waals surface area (Å²) in [5.74, 6) is 0. The molecule has 1 aromatic rings. The largest absolute Gasteiger partial charge is 0.286 e. The summed E-state index contributed by atoms with van der Waals surface area (Å²) in [7, 11) is 0. The van der Waals surface area contributed by atoms with E-state index in [0.717, 1.165) is 0 Å². The van der Waals surface area contributed by atoms with Crippen LogP contribution in [0.4, 0.5) is 0 Å². The van der Waals surface area contributed by atoms with Crippen LogP contribution in [0.3, 0.4) is 0 Å². The van der Waals surface area contributed by atoms with Crippen LogP contribution in [0.5, 0.6) is 0 Å². The van der Waals surface area contributed by atoms with E-state index in [9.17, 15) is 0 Å². The topological polar surface area (TPSA) is 24.4 Å². The molecule has 0 saturated carbocycles. The van der Waals surface area contributed by atoms with Crippen LogP contribution >= 0.6 is 11.3 Å². The van der Waals surface area contributed by atoms with Gasteiger partial charge < -0.3 is 0 Å². The molecule has 3 heteroatoms. The summed E-state index contributed by atoms with van der Waals surface area (Å²) in [6.07, 6.45) is 9.10. The molecule has 0 aromatic carbocycles. The number of hydrogen-bond acceptors (Lipinski definition) is 3. The van der Waals surface area contributed by atoms with Crippen molar-refractivity contribution in [3.63, 3.8) is 0 Å². The van der Waals surface area contributed by atoms with E-state index in [0.29, 0.717) is 0 Å². The number of hydrogen-bond donors (Lipinski definition) is 1. The maximum Gasteiger partial charge on any atom is 0.0472 e. The van der Waals surface area contributed by atoms with Gasteiger partial charge in [0.15, 0.2) is 0 Å². The van der Waals surface area contributed by atoms with Gasteiger partial charge in [0.1, 0.15) is 0 Å². The summed E-state index contributed by atoms with van der Waals surface area (Å²) in [6.45, 7) is 0. The predicted octanol–water partition coefficient (Wildman–Crippen LogP) is 2.39. The van der Waals surface area contributed by atoms with Crippen LogP contribution in [0, 0.1) is 0 Å². The molecule has 0 saturated heterocycles. The summed E-state index contributed by atoms with van der Waals surface area (Å²) in [5.41, 5.74) is 2.67. The van der Waals surface area contributed by atoms with Crippen LogP contribution in [-0.2, 0) is 0 Å². The van der Waals surface area contributed by atoms with Gasteiger partial charge in [-0.2, -0.15) is 16.4 Å². The number of nitrogens with one attached hydrogen (secondary N) is 1. The second kappa shape index (κ2) is 6.37. The van der Waals surface area contributed by atoms with Crippen LogP contribution < -0.4 is 5.43 Å². The maximum absolute atomic E-state index is 3.72. The van der Waals surface area contributed by atoms with Gasteiger partial charge in [-0.15, -0.1) is 0 Å². The molecule has 0 aliphatic carbocycles. The fraction of sp³-hybridized carbons (Fsp3) is 0. The van der Waals surface area contributed by atoms with Crippen molar-refractivity contribution >= 4 is 17.6 Å². The SMILES string of the molecule is C1=CC=NNC=C1.c1ccsc1. The van der Waals surface area contributed by atoms with Gasteiger partial charge in [-0.3, -0.25) is 5.43 Å². The first kappa shape index (κ1) is 8.74. The van der Waals surface area contributed by atoms with Crippen molar-refractivity contribution in [2.45, 2.75) is 0 Å². The van der Waals surface area contributed by atoms with E-state index in [4.69, 9.17) is 0 Å². The van der Waals surface area contributed by atoms with E-state index in [1.807, 2.05) is 41.1 Å². The van der Waals surface area contributed by atoms with E-state index in [-0.39, 0.29) is 0 Å². The summed E-state index contributed by atoms with van der Waals surface area (Å²) in [4.78, 5) is 0. The zero-order valence-electron chi connectivity index (χ0n) is 6.55. The number of nitrogens with zero attached hydrogens (tertiary/aromatic N) is 1. The molecule has 0 fully saturated rings. The highest BCUT2D eigenvalue weighted by atomic mass is 32.1. The quantitative estimate of drug-likeness (QED) is 0.648. The molecule has 1 N–H and O–H groups in total. The molecule has 1 aliphatic heterocycles. The third-order valence-electron chi connectivity index (χ3n) is 1.05. The molecule has 62 valence electrons. The molecule has 12 heavy (non-hydrogen) atoms. The number of hydrazone groups is 1. The Morgan fingerprint density at radius 3 is 2.50 bits per heavy atom. The smallest absolute Gasteiger partial charge is 0.0472 e. The fourth-order valence-electron chi connectivity index (χ4n) is 0.568. The summed E-state index contributed by atoms with van der Waals surface area (Å²) in [5, 5.41) is 7.81. The summed E-state index contributed by atoms with van der Waals surface area (Å²) < 4.78 is 0. The molecule has 0 bridgehead atoms.